The molecule has 114 valence electrons. The Balaban J connectivity index is 1.85. The number of benzene rings is 1. The van der Waals surface area contributed by atoms with Crippen LogP contribution in [0.25, 0.3) is 10.9 Å². The molecule has 3 amide bonds. The average Bonchev–Trinajstić information content (AvgIpc) is 2.97. The highest BCUT2D eigenvalue weighted by Crippen LogP contribution is 2.40. The van der Waals surface area contributed by atoms with Crippen LogP contribution in [0, 0.1) is 0 Å². The van der Waals surface area contributed by atoms with Gasteiger partial charge in [0.2, 0.25) is 0 Å². The Hall–Kier alpha value is -2.30. The number of hydrogen-bond donors (Lipinski definition) is 1. The van der Waals surface area contributed by atoms with Gasteiger partial charge in [-0.2, -0.15) is 0 Å². The Labute approximate surface area is 128 Å². The highest BCUT2D eigenvalue weighted by atomic mass is 16.2. The molecule has 2 aromatic rings. The summed E-state index contributed by atoms with van der Waals surface area (Å²) in [4.78, 5) is 31.9. The van der Waals surface area contributed by atoms with Gasteiger partial charge in [-0.15, -0.1) is 0 Å². The summed E-state index contributed by atoms with van der Waals surface area (Å²) in [5.41, 5.74) is 3.31. The van der Waals surface area contributed by atoms with Crippen LogP contribution in [0.3, 0.4) is 0 Å². The van der Waals surface area contributed by atoms with Gasteiger partial charge in [-0.3, -0.25) is 9.69 Å². The van der Waals surface area contributed by atoms with Gasteiger partial charge in [0.05, 0.1) is 6.04 Å². The highest BCUT2D eigenvalue weighted by Gasteiger charge is 2.51. The molecule has 0 aliphatic carbocycles. The first kappa shape index (κ1) is 13.4. The smallest absolute Gasteiger partial charge is 0.328 e. The van der Waals surface area contributed by atoms with Crippen LogP contribution in [-0.2, 0) is 11.2 Å². The van der Waals surface area contributed by atoms with Crippen molar-refractivity contribution in [1.29, 1.82) is 0 Å². The number of fused-ring (bicyclic) bond motifs is 4. The van der Waals surface area contributed by atoms with Gasteiger partial charge in [-0.25, -0.2) is 4.79 Å². The van der Waals surface area contributed by atoms with Crippen molar-refractivity contribution < 1.29 is 9.59 Å². The van der Waals surface area contributed by atoms with E-state index in [1.807, 2.05) is 39.0 Å². The van der Waals surface area contributed by atoms with E-state index in [2.05, 4.69) is 11.1 Å². The molecule has 2 aliphatic heterocycles. The Bertz CT molecular complexity index is 792. The molecule has 1 N–H and O–H groups in total. The number of rotatable bonds is 1. The van der Waals surface area contributed by atoms with Crippen molar-refractivity contribution in [3.63, 3.8) is 0 Å². The SMILES string of the molecule is CC(C)N1C(=O)C2Cc3c([nH]c4ccccc34)C(C)N2C1=O. The van der Waals surface area contributed by atoms with Gasteiger partial charge in [-0.05, 0) is 32.4 Å². The quantitative estimate of drug-likeness (QED) is 0.823. The van der Waals surface area contributed by atoms with Crippen molar-refractivity contribution >= 4 is 22.8 Å². The zero-order chi connectivity index (χ0) is 15.6. The van der Waals surface area contributed by atoms with Crippen LogP contribution in [0.5, 0.6) is 0 Å². The van der Waals surface area contributed by atoms with E-state index < -0.39 is 0 Å². The lowest BCUT2D eigenvalue weighted by atomic mass is 9.93. The Kier molecular flexibility index (Phi) is 2.64. The molecule has 4 rings (SSSR count). The molecule has 0 radical (unpaired) electrons. The van der Waals surface area contributed by atoms with Crippen LogP contribution in [-0.4, -0.2) is 38.8 Å². The predicted octanol–water partition coefficient (Wildman–Crippen LogP) is 2.83. The molecule has 2 aliphatic rings. The monoisotopic (exact) mass is 297 g/mol. The summed E-state index contributed by atoms with van der Waals surface area (Å²) in [6, 6.07) is 7.37. The molecular formula is C17H19N3O2. The van der Waals surface area contributed by atoms with Gasteiger partial charge in [0.15, 0.2) is 0 Å². The minimum atomic E-state index is -0.364. The van der Waals surface area contributed by atoms with Crippen LogP contribution in [0.2, 0.25) is 0 Å². The summed E-state index contributed by atoms with van der Waals surface area (Å²) in [6.45, 7) is 5.76. The minimum Gasteiger partial charge on any atom is -0.356 e. The summed E-state index contributed by atoms with van der Waals surface area (Å²) in [7, 11) is 0. The molecule has 2 unspecified atom stereocenters. The van der Waals surface area contributed by atoms with Crippen LogP contribution in [0.4, 0.5) is 4.79 Å². The Morgan fingerprint density at radius 3 is 2.68 bits per heavy atom. The van der Waals surface area contributed by atoms with E-state index in [9.17, 15) is 9.59 Å². The van der Waals surface area contributed by atoms with E-state index in [4.69, 9.17) is 0 Å². The first-order valence-electron chi connectivity index (χ1n) is 7.75. The maximum absolute atomic E-state index is 12.7. The second-order valence-corrected chi connectivity index (χ2v) is 6.45. The van der Waals surface area contributed by atoms with Crippen molar-refractivity contribution in [2.75, 3.05) is 0 Å². The molecular weight excluding hydrogens is 278 g/mol. The van der Waals surface area contributed by atoms with Gasteiger partial charge >= 0.3 is 6.03 Å². The van der Waals surface area contributed by atoms with Crippen molar-refractivity contribution in [3.05, 3.63) is 35.5 Å². The topological polar surface area (TPSA) is 56.4 Å². The summed E-state index contributed by atoms with van der Waals surface area (Å²) in [5.74, 6) is -0.0669. The molecule has 1 aromatic carbocycles. The van der Waals surface area contributed by atoms with Crippen molar-refractivity contribution in [2.45, 2.75) is 45.3 Å². The normalized spacial score (nSPS) is 24.4. The maximum Gasteiger partial charge on any atom is 0.328 e. The summed E-state index contributed by atoms with van der Waals surface area (Å²) in [5, 5.41) is 1.16. The predicted molar refractivity (Wildman–Crippen MR) is 83.4 cm³/mol. The largest absolute Gasteiger partial charge is 0.356 e. The molecule has 22 heavy (non-hydrogen) atoms. The van der Waals surface area contributed by atoms with Gasteiger partial charge in [0.1, 0.15) is 6.04 Å². The zero-order valence-electron chi connectivity index (χ0n) is 13.0. The van der Waals surface area contributed by atoms with Crippen LogP contribution in [0.15, 0.2) is 24.3 Å². The number of H-pyrrole nitrogens is 1. The standard InChI is InChI=1S/C17H19N3O2/c1-9(2)19-16(21)14-8-12-11-6-4-5-7-13(11)18-15(12)10(3)20(14)17(19)22/h4-7,9-10,14,18H,8H2,1-3H3. The lowest BCUT2D eigenvalue weighted by Crippen LogP contribution is -2.42. The van der Waals surface area contributed by atoms with Crippen LogP contribution in [0.1, 0.15) is 38.1 Å². The number of hydrogen-bond acceptors (Lipinski definition) is 2. The number of imide groups is 1. The van der Waals surface area contributed by atoms with E-state index in [1.165, 1.54) is 10.5 Å². The van der Waals surface area contributed by atoms with Gasteiger partial charge in [0, 0.05) is 29.1 Å². The number of nitrogens with zero attached hydrogens (tertiary/aromatic N) is 2. The number of amides is 3. The molecule has 1 saturated heterocycles. The molecule has 0 bridgehead atoms. The minimum absolute atomic E-state index is 0.0669. The fraction of sp³-hybridized carbons (Fsp3) is 0.412. The molecule has 5 heteroatoms. The first-order valence-corrected chi connectivity index (χ1v) is 7.75. The summed E-state index contributed by atoms with van der Waals surface area (Å²) >= 11 is 0. The second kappa shape index (κ2) is 4.35. The number of aromatic amines is 1. The molecule has 1 fully saturated rings. The molecule has 3 heterocycles. The van der Waals surface area contributed by atoms with Gasteiger partial charge in [-0.1, -0.05) is 18.2 Å². The lowest BCUT2D eigenvalue weighted by molar-refractivity contribution is -0.129. The fourth-order valence-electron chi connectivity index (χ4n) is 3.86. The van der Waals surface area contributed by atoms with Crippen LogP contribution < -0.4 is 0 Å². The number of aromatic nitrogens is 1. The van der Waals surface area contributed by atoms with Crippen molar-refractivity contribution in [1.82, 2.24) is 14.8 Å². The van der Waals surface area contributed by atoms with E-state index in [0.717, 1.165) is 16.6 Å². The van der Waals surface area contributed by atoms with Gasteiger partial charge in [0.25, 0.3) is 5.91 Å². The fourth-order valence-corrected chi connectivity index (χ4v) is 3.86. The van der Waals surface area contributed by atoms with E-state index in [1.54, 1.807) is 4.90 Å². The molecule has 2 atom stereocenters. The van der Waals surface area contributed by atoms with Crippen LogP contribution >= 0.6 is 0 Å². The van der Waals surface area contributed by atoms with Gasteiger partial charge < -0.3 is 9.88 Å². The molecule has 1 aromatic heterocycles. The summed E-state index contributed by atoms with van der Waals surface area (Å²) in [6.07, 6.45) is 0.595. The number of nitrogens with one attached hydrogen (secondary N) is 1. The average molecular weight is 297 g/mol. The van der Waals surface area contributed by atoms with Crippen molar-refractivity contribution in [2.24, 2.45) is 0 Å². The third kappa shape index (κ3) is 1.54. The zero-order valence-corrected chi connectivity index (χ0v) is 13.0. The summed E-state index contributed by atoms with van der Waals surface area (Å²) < 4.78 is 0. The van der Waals surface area contributed by atoms with E-state index >= 15 is 0 Å². The molecule has 5 nitrogen and oxygen atoms in total. The molecule has 0 spiro atoms. The number of carbonyl (C=O) groups excluding carboxylic acids is 2. The maximum atomic E-state index is 12.7. The third-order valence-corrected chi connectivity index (χ3v) is 4.88. The number of urea groups is 1. The Morgan fingerprint density at radius 1 is 1.23 bits per heavy atom. The third-order valence-electron chi connectivity index (χ3n) is 4.88. The highest BCUT2D eigenvalue weighted by molar-refractivity contribution is 6.05. The first-order chi connectivity index (χ1) is 10.5. The Morgan fingerprint density at radius 2 is 1.95 bits per heavy atom. The lowest BCUT2D eigenvalue weighted by Gasteiger charge is -2.33. The second-order valence-electron chi connectivity index (χ2n) is 6.45. The molecule has 0 saturated carbocycles. The van der Waals surface area contributed by atoms with Crippen molar-refractivity contribution in [3.8, 4) is 0 Å². The number of para-hydroxylation sites is 1. The van der Waals surface area contributed by atoms with E-state index in [-0.39, 0.29) is 30.1 Å². The number of carbonyl (C=O) groups is 2. The van der Waals surface area contributed by atoms with E-state index in [0.29, 0.717) is 6.42 Å².